The predicted molar refractivity (Wildman–Crippen MR) is 110 cm³/mol. The summed E-state index contributed by atoms with van der Waals surface area (Å²) in [5.41, 5.74) is 8.64. The summed E-state index contributed by atoms with van der Waals surface area (Å²) in [6.07, 6.45) is 6.00. The van der Waals surface area contributed by atoms with Gasteiger partial charge in [0.25, 0.3) is 0 Å². The molecule has 0 aromatic heterocycles. The van der Waals surface area contributed by atoms with E-state index in [0.717, 1.165) is 18.4 Å². The molecule has 3 fully saturated rings. The summed E-state index contributed by atoms with van der Waals surface area (Å²) in [5.74, 6) is 1.66. The highest BCUT2D eigenvalue weighted by atomic mass is 16.2. The number of fused-ring (bicyclic) bond motifs is 2. The Kier molecular flexibility index (Phi) is 5.72. The average Bonchev–Trinajstić information content (AvgIpc) is 2.69. The number of nitrogens with zero attached hydrogens (tertiary/aromatic N) is 2. The molecule has 1 saturated heterocycles. The van der Waals surface area contributed by atoms with Crippen molar-refractivity contribution in [2.24, 2.45) is 23.5 Å². The SMILES string of the molecule is Cc1ccc(CC(=O)N2CCN(C(=O)C3CC4CCCC(C3)C4N)CC2)cc1. The molecule has 2 saturated carbocycles. The molecule has 2 aliphatic carbocycles. The lowest BCUT2D eigenvalue weighted by molar-refractivity contribution is -0.144. The van der Waals surface area contributed by atoms with Crippen LogP contribution in [0.4, 0.5) is 0 Å². The second-order valence-electron chi connectivity index (χ2n) is 9.07. The first-order chi connectivity index (χ1) is 13.5. The molecule has 2 atom stereocenters. The first kappa shape index (κ1) is 19.4. The fourth-order valence-electron chi connectivity index (χ4n) is 5.42. The molecule has 2 N–H and O–H groups in total. The number of hydrogen-bond acceptors (Lipinski definition) is 3. The number of carbonyl (C=O) groups excluding carboxylic acids is 2. The Balaban J connectivity index is 1.28. The van der Waals surface area contributed by atoms with Gasteiger partial charge in [0.05, 0.1) is 6.42 Å². The van der Waals surface area contributed by atoms with Gasteiger partial charge in [0.2, 0.25) is 11.8 Å². The van der Waals surface area contributed by atoms with Crippen LogP contribution in [0.3, 0.4) is 0 Å². The van der Waals surface area contributed by atoms with Crippen molar-refractivity contribution in [1.82, 2.24) is 9.80 Å². The average molecular weight is 384 g/mol. The quantitative estimate of drug-likeness (QED) is 0.871. The summed E-state index contributed by atoms with van der Waals surface area (Å²) in [5, 5.41) is 0. The van der Waals surface area contributed by atoms with Gasteiger partial charge in [-0.3, -0.25) is 9.59 Å². The molecule has 1 aromatic carbocycles. The molecule has 1 aromatic rings. The van der Waals surface area contributed by atoms with Crippen LogP contribution >= 0.6 is 0 Å². The van der Waals surface area contributed by atoms with Crippen LogP contribution in [-0.2, 0) is 16.0 Å². The molecule has 2 unspecified atom stereocenters. The van der Waals surface area contributed by atoms with Crippen LogP contribution in [0.25, 0.3) is 0 Å². The van der Waals surface area contributed by atoms with E-state index in [1.54, 1.807) is 0 Å². The zero-order valence-electron chi connectivity index (χ0n) is 17.0. The molecule has 5 heteroatoms. The molecular weight excluding hydrogens is 350 g/mol. The lowest BCUT2D eigenvalue weighted by Gasteiger charge is -2.45. The standard InChI is InChI=1S/C23H33N3O2/c1-16-5-7-17(8-6-16)13-21(27)25-9-11-26(12-10-25)23(28)20-14-18-3-2-4-19(15-20)22(18)24/h5-8,18-20,22H,2-4,9-15,24H2,1H3. The van der Waals surface area contributed by atoms with Crippen LogP contribution in [0, 0.1) is 24.7 Å². The summed E-state index contributed by atoms with van der Waals surface area (Å²) in [4.78, 5) is 29.6. The second-order valence-corrected chi connectivity index (χ2v) is 9.07. The Morgan fingerprint density at radius 3 is 2.14 bits per heavy atom. The van der Waals surface area contributed by atoms with Gasteiger partial charge in [-0.2, -0.15) is 0 Å². The van der Waals surface area contributed by atoms with E-state index in [0.29, 0.717) is 56.4 Å². The first-order valence-electron chi connectivity index (χ1n) is 10.9. The molecule has 3 aliphatic rings. The largest absolute Gasteiger partial charge is 0.339 e. The minimum atomic E-state index is 0.143. The highest BCUT2D eigenvalue weighted by Crippen LogP contribution is 2.42. The van der Waals surface area contributed by atoms with Gasteiger partial charge in [-0.25, -0.2) is 0 Å². The first-order valence-corrected chi connectivity index (χ1v) is 10.9. The van der Waals surface area contributed by atoms with Crippen molar-refractivity contribution in [1.29, 1.82) is 0 Å². The van der Waals surface area contributed by atoms with Crippen LogP contribution in [0.15, 0.2) is 24.3 Å². The number of nitrogens with two attached hydrogens (primary N) is 1. The number of rotatable bonds is 3. The fraction of sp³-hybridized carbons (Fsp3) is 0.652. The van der Waals surface area contributed by atoms with Gasteiger partial charge in [-0.1, -0.05) is 36.2 Å². The number of carbonyl (C=O) groups is 2. The van der Waals surface area contributed by atoms with E-state index in [9.17, 15) is 9.59 Å². The van der Waals surface area contributed by atoms with Gasteiger partial charge in [-0.15, -0.1) is 0 Å². The fourth-order valence-corrected chi connectivity index (χ4v) is 5.42. The number of piperazine rings is 1. The third-order valence-corrected chi connectivity index (χ3v) is 7.18. The predicted octanol–water partition coefficient (Wildman–Crippen LogP) is 2.36. The van der Waals surface area contributed by atoms with Gasteiger partial charge < -0.3 is 15.5 Å². The molecule has 0 radical (unpaired) electrons. The third kappa shape index (κ3) is 4.09. The Morgan fingerprint density at radius 1 is 0.964 bits per heavy atom. The molecule has 1 heterocycles. The summed E-state index contributed by atoms with van der Waals surface area (Å²) in [6.45, 7) is 4.67. The molecule has 1 aliphatic heterocycles. The van der Waals surface area contributed by atoms with Crippen molar-refractivity contribution in [3.63, 3.8) is 0 Å². The Morgan fingerprint density at radius 2 is 1.54 bits per heavy atom. The molecule has 2 bridgehead atoms. The van der Waals surface area contributed by atoms with Crippen molar-refractivity contribution < 1.29 is 9.59 Å². The zero-order chi connectivity index (χ0) is 19.7. The smallest absolute Gasteiger partial charge is 0.227 e. The van der Waals surface area contributed by atoms with Gasteiger partial charge in [0, 0.05) is 38.1 Å². The minimum absolute atomic E-state index is 0.143. The maximum atomic E-state index is 13.1. The minimum Gasteiger partial charge on any atom is -0.339 e. The molecule has 5 nitrogen and oxygen atoms in total. The van der Waals surface area contributed by atoms with Crippen LogP contribution in [0.2, 0.25) is 0 Å². The summed E-state index contributed by atoms with van der Waals surface area (Å²) < 4.78 is 0. The summed E-state index contributed by atoms with van der Waals surface area (Å²) in [7, 11) is 0. The number of benzene rings is 1. The summed E-state index contributed by atoms with van der Waals surface area (Å²) >= 11 is 0. The van der Waals surface area contributed by atoms with E-state index >= 15 is 0 Å². The molecule has 28 heavy (non-hydrogen) atoms. The maximum Gasteiger partial charge on any atom is 0.227 e. The molecule has 152 valence electrons. The van der Waals surface area contributed by atoms with Crippen LogP contribution in [-0.4, -0.2) is 53.8 Å². The van der Waals surface area contributed by atoms with Crippen LogP contribution in [0.1, 0.15) is 43.2 Å². The third-order valence-electron chi connectivity index (χ3n) is 7.18. The molecule has 2 amide bonds. The van der Waals surface area contributed by atoms with Gasteiger partial charge in [-0.05, 0) is 50.0 Å². The van der Waals surface area contributed by atoms with Crippen molar-refractivity contribution in [3.05, 3.63) is 35.4 Å². The molecular formula is C23H33N3O2. The number of amides is 2. The van der Waals surface area contributed by atoms with E-state index < -0.39 is 0 Å². The second kappa shape index (κ2) is 8.24. The van der Waals surface area contributed by atoms with E-state index in [1.807, 2.05) is 34.1 Å². The topological polar surface area (TPSA) is 66.6 Å². The normalized spacial score (nSPS) is 30.2. The van der Waals surface area contributed by atoms with Crippen molar-refractivity contribution >= 4 is 11.8 Å². The number of aryl methyl sites for hydroxylation is 1. The molecule has 0 spiro atoms. The Bertz CT molecular complexity index is 695. The highest BCUT2D eigenvalue weighted by Gasteiger charge is 2.42. The maximum absolute atomic E-state index is 13.1. The monoisotopic (exact) mass is 383 g/mol. The van der Waals surface area contributed by atoms with Crippen molar-refractivity contribution in [2.75, 3.05) is 26.2 Å². The van der Waals surface area contributed by atoms with Crippen molar-refractivity contribution in [2.45, 2.75) is 51.5 Å². The van der Waals surface area contributed by atoms with Gasteiger partial charge in [0.15, 0.2) is 0 Å². The molecule has 4 rings (SSSR count). The lowest BCUT2D eigenvalue weighted by Crippen LogP contribution is -2.54. The van der Waals surface area contributed by atoms with E-state index in [4.69, 9.17) is 5.73 Å². The van der Waals surface area contributed by atoms with E-state index in [1.165, 1.54) is 24.8 Å². The van der Waals surface area contributed by atoms with Gasteiger partial charge in [0.1, 0.15) is 0 Å². The van der Waals surface area contributed by atoms with Crippen LogP contribution in [0.5, 0.6) is 0 Å². The van der Waals surface area contributed by atoms with Gasteiger partial charge >= 0.3 is 0 Å². The Hall–Kier alpha value is -1.88. The zero-order valence-corrected chi connectivity index (χ0v) is 17.0. The lowest BCUT2D eigenvalue weighted by atomic mass is 9.65. The summed E-state index contributed by atoms with van der Waals surface area (Å²) in [6, 6.07) is 8.44. The Labute approximate surface area is 168 Å². The number of hydrogen-bond donors (Lipinski definition) is 1. The van der Waals surface area contributed by atoms with Crippen molar-refractivity contribution in [3.8, 4) is 0 Å². The van der Waals surface area contributed by atoms with E-state index in [2.05, 4.69) is 6.92 Å². The van der Waals surface area contributed by atoms with Crippen LogP contribution < -0.4 is 5.73 Å². The highest BCUT2D eigenvalue weighted by molar-refractivity contribution is 5.81. The van der Waals surface area contributed by atoms with E-state index in [-0.39, 0.29) is 11.8 Å².